The molecule has 1 N–H and O–H groups in total. The molecule has 0 saturated heterocycles. The lowest BCUT2D eigenvalue weighted by atomic mass is 10.1. The highest BCUT2D eigenvalue weighted by atomic mass is 32.2. The number of sulfonamides is 1. The third-order valence-corrected chi connectivity index (χ3v) is 7.56. The monoisotopic (exact) mass is 517 g/mol. The van der Waals surface area contributed by atoms with Gasteiger partial charge >= 0.3 is 0 Å². The van der Waals surface area contributed by atoms with Gasteiger partial charge in [-0.15, -0.1) is 0 Å². The quantitative estimate of drug-likeness (QED) is 0.491. The average molecular weight is 518 g/mol. The first kappa shape index (κ1) is 27.3. The van der Waals surface area contributed by atoms with Gasteiger partial charge in [-0.25, -0.2) is 8.42 Å². The van der Waals surface area contributed by atoms with Crippen LogP contribution in [0.3, 0.4) is 0 Å². The Morgan fingerprint density at radius 2 is 1.50 bits per heavy atom. The molecule has 1 unspecified atom stereocenters. The van der Waals surface area contributed by atoms with Crippen LogP contribution >= 0.6 is 0 Å². The fourth-order valence-electron chi connectivity index (χ4n) is 4.26. The van der Waals surface area contributed by atoms with Crippen molar-refractivity contribution >= 4 is 27.5 Å². The number of ether oxygens (including phenoxy) is 2. The minimum absolute atomic E-state index is 0.102. The second kappa shape index (κ2) is 12.1. The van der Waals surface area contributed by atoms with Crippen molar-refractivity contribution in [2.24, 2.45) is 0 Å². The fraction of sp³-hybridized carbons (Fsp3) is 0.462. The second-order valence-corrected chi connectivity index (χ2v) is 10.9. The minimum atomic E-state index is -3.78. The van der Waals surface area contributed by atoms with E-state index in [0.717, 1.165) is 41.8 Å². The number of amides is 2. The predicted molar refractivity (Wildman–Crippen MR) is 139 cm³/mol. The maximum absolute atomic E-state index is 13.6. The summed E-state index contributed by atoms with van der Waals surface area (Å²) in [5.41, 5.74) is 1.12. The van der Waals surface area contributed by atoms with Crippen LogP contribution in [0.1, 0.15) is 38.2 Å². The molecule has 2 aromatic rings. The van der Waals surface area contributed by atoms with Gasteiger partial charge in [-0.2, -0.15) is 0 Å². The van der Waals surface area contributed by atoms with Crippen molar-refractivity contribution in [2.75, 3.05) is 31.3 Å². The van der Waals surface area contributed by atoms with E-state index in [1.807, 2.05) is 12.1 Å². The van der Waals surface area contributed by atoms with Crippen molar-refractivity contribution in [2.45, 2.75) is 51.2 Å². The van der Waals surface area contributed by atoms with E-state index in [2.05, 4.69) is 5.32 Å². The number of hydrogen-bond acceptors (Lipinski definition) is 6. The summed E-state index contributed by atoms with van der Waals surface area (Å²) in [6.45, 7) is 1.37. The van der Waals surface area contributed by atoms with Crippen LogP contribution in [0.15, 0.2) is 48.5 Å². The molecule has 10 heteroatoms. The zero-order chi connectivity index (χ0) is 26.3. The Balaban J connectivity index is 1.86. The van der Waals surface area contributed by atoms with E-state index in [4.69, 9.17) is 9.47 Å². The summed E-state index contributed by atoms with van der Waals surface area (Å²) >= 11 is 0. The molecule has 0 spiro atoms. The molecule has 1 saturated carbocycles. The molecule has 0 aliphatic heterocycles. The summed E-state index contributed by atoms with van der Waals surface area (Å²) in [6, 6.07) is 12.9. The molecule has 196 valence electrons. The molecular formula is C26H35N3O6S. The number of anilines is 1. The van der Waals surface area contributed by atoms with Crippen molar-refractivity contribution in [1.82, 2.24) is 10.2 Å². The van der Waals surface area contributed by atoms with E-state index < -0.39 is 28.5 Å². The Bertz CT molecular complexity index is 1130. The standard InChI is InChI=1S/C26H35N3O6S/c1-19(26(31)27-21-7-5-6-8-21)28(17-20-9-13-23(34-2)14-10-20)25(30)18-29(36(4,32)33)22-11-15-24(35-3)16-12-22/h9-16,19,21H,5-8,17-18H2,1-4H3,(H,27,31). The molecule has 2 aromatic carbocycles. The van der Waals surface area contributed by atoms with Crippen LogP contribution in [-0.2, 0) is 26.2 Å². The van der Waals surface area contributed by atoms with Crippen molar-refractivity contribution in [3.63, 3.8) is 0 Å². The minimum Gasteiger partial charge on any atom is -0.497 e. The number of carbonyl (C=O) groups is 2. The number of methoxy groups -OCH3 is 2. The van der Waals surface area contributed by atoms with Gasteiger partial charge in [0.1, 0.15) is 24.1 Å². The molecule has 2 amide bonds. The molecule has 0 heterocycles. The van der Waals surface area contributed by atoms with Crippen LogP contribution < -0.4 is 19.1 Å². The summed E-state index contributed by atoms with van der Waals surface area (Å²) in [6.07, 6.45) is 5.03. The number of nitrogens with one attached hydrogen (secondary N) is 1. The second-order valence-electron chi connectivity index (χ2n) is 9.00. The maximum atomic E-state index is 13.6. The van der Waals surface area contributed by atoms with E-state index in [1.54, 1.807) is 50.4 Å². The highest BCUT2D eigenvalue weighted by Gasteiger charge is 2.31. The van der Waals surface area contributed by atoms with E-state index >= 15 is 0 Å². The van der Waals surface area contributed by atoms with Gasteiger partial charge in [0.15, 0.2) is 0 Å². The Hall–Kier alpha value is -3.27. The van der Waals surface area contributed by atoms with Gasteiger partial charge in [0.25, 0.3) is 0 Å². The average Bonchev–Trinajstić information content (AvgIpc) is 3.38. The van der Waals surface area contributed by atoms with Crippen LogP contribution in [0.2, 0.25) is 0 Å². The zero-order valence-electron chi connectivity index (χ0n) is 21.3. The molecule has 36 heavy (non-hydrogen) atoms. The van der Waals surface area contributed by atoms with Crippen LogP contribution in [0.4, 0.5) is 5.69 Å². The molecule has 1 aliphatic rings. The molecule has 3 rings (SSSR count). The number of rotatable bonds is 11. The Morgan fingerprint density at radius 1 is 0.972 bits per heavy atom. The van der Waals surface area contributed by atoms with E-state index in [1.165, 1.54) is 12.0 Å². The lowest BCUT2D eigenvalue weighted by molar-refractivity contribution is -0.139. The molecule has 0 radical (unpaired) electrons. The summed E-state index contributed by atoms with van der Waals surface area (Å²) < 4.78 is 36.7. The molecule has 0 bridgehead atoms. The van der Waals surface area contributed by atoms with E-state index in [0.29, 0.717) is 17.2 Å². The largest absolute Gasteiger partial charge is 0.497 e. The maximum Gasteiger partial charge on any atom is 0.244 e. The summed E-state index contributed by atoms with van der Waals surface area (Å²) in [7, 11) is -0.700. The third kappa shape index (κ3) is 7.13. The number of benzene rings is 2. The molecule has 1 aliphatic carbocycles. The molecule has 1 atom stereocenters. The lowest BCUT2D eigenvalue weighted by Gasteiger charge is -2.32. The van der Waals surface area contributed by atoms with Crippen molar-refractivity contribution in [3.05, 3.63) is 54.1 Å². The third-order valence-electron chi connectivity index (χ3n) is 6.42. The van der Waals surface area contributed by atoms with Gasteiger partial charge in [0.05, 0.1) is 26.2 Å². The van der Waals surface area contributed by atoms with Crippen molar-refractivity contribution in [1.29, 1.82) is 0 Å². The van der Waals surface area contributed by atoms with Crippen LogP contribution in [-0.4, -0.2) is 64.2 Å². The van der Waals surface area contributed by atoms with Crippen molar-refractivity contribution in [3.8, 4) is 11.5 Å². The summed E-state index contributed by atoms with van der Waals surface area (Å²) in [5, 5.41) is 3.05. The topological polar surface area (TPSA) is 105 Å². The number of hydrogen-bond donors (Lipinski definition) is 1. The van der Waals surface area contributed by atoms with Crippen molar-refractivity contribution < 1.29 is 27.5 Å². The Morgan fingerprint density at radius 3 is 2.00 bits per heavy atom. The highest BCUT2D eigenvalue weighted by Crippen LogP contribution is 2.23. The van der Waals surface area contributed by atoms with E-state index in [-0.39, 0.29) is 18.5 Å². The normalized spacial score (nSPS) is 14.7. The Labute approximate surface area is 213 Å². The predicted octanol–water partition coefficient (Wildman–Crippen LogP) is 2.95. The van der Waals surface area contributed by atoms with Gasteiger partial charge in [-0.3, -0.25) is 13.9 Å². The SMILES string of the molecule is COc1ccc(CN(C(=O)CN(c2ccc(OC)cc2)S(C)(=O)=O)C(C)C(=O)NC2CCCC2)cc1. The zero-order valence-corrected chi connectivity index (χ0v) is 22.1. The molecule has 1 fully saturated rings. The van der Waals surface area contributed by atoms with Crippen LogP contribution in [0, 0.1) is 0 Å². The van der Waals surface area contributed by atoms with Crippen LogP contribution in [0.5, 0.6) is 11.5 Å². The van der Waals surface area contributed by atoms with Gasteiger partial charge in [0.2, 0.25) is 21.8 Å². The smallest absolute Gasteiger partial charge is 0.244 e. The van der Waals surface area contributed by atoms with E-state index in [9.17, 15) is 18.0 Å². The highest BCUT2D eigenvalue weighted by molar-refractivity contribution is 7.92. The lowest BCUT2D eigenvalue weighted by Crippen LogP contribution is -2.52. The molecule has 0 aromatic heterocycles. The first-order chi connectivity index (χ1) is 17.1. The molecule has 9 nitrogen and oxygen atoms in total. The summed E-state index contributed by atoms with van der Waals surface area (Å²) in [4.78, 5) is 28.1. The molecular weight excluding hydrogens is 482 g/mol. The van der Waals surface area contributed by atoms with Crippen LogP contribution in [0.25, 0.3) is 0 Å². The number of carbonyl (C=O) groups excluding carboxylic acids is 2. The number of nitrogens with zero attached hydrogens (tertiary/aromatic N) is 2. The first-order valence-corrected chi connectivity index (χ1v) is 13.8. The Kier molecular flexibility index (Phi) is 9.19. The van der Waals surface area contributed by atoms with Gasteiger partial charge in [-0.1, -0.05) is 25.0 Å². The van der Waals surface area contributed by atoms with Gasteiger partial charge in [0, 0.05) is 12.6 Å². The fourth-order valence-corrected chi connectivity index (χ4v) is 5.11. The first-order valence-electron chi connectivity index (χ1n) is 12.0. The van der Waals surface area contributed by atoms with Gasteiger partial charge in [-0.05, 0) is 61.7 Å². The summed E-state index contributed by atoms with van der Waals surface area (Å²) in [5.74, 6) is 0.503. The van der Waals surface area contributed by atoms with Gasteiger partial charge < -0.3 is 19.7 Å².